The van der Waals surface area contributed by atoms with Crippen LogP contribution in [0.4, 0.5) is 4.39 Å². The summed E-state index contributed by atoms with van der Waals surface area (Å²) >= 11 is 0. The molecule has 32 heavy (non-hydrogen) atoms. The van der Waals surface area contributed by atoms with Gasteiger partial charge < -0.3 is 4.74 Å². The predicted molar refractivity (Wildman–Crippen MR) is 114 cm³/mol. The molecule has 8 nitrogen and oxygen atoms in total. The average Bonchev–Trinajstić information content (AvgIpc) is 3.18. The van der Waals surface area contributed by atoms with Crippen LogP contribution in [0.5, 0.6) is 5.75 Å². The first-order chi connectivity index (χ1) is 15.3. The van der Waals surface area contributed by atoms with Gasteiger partial charge in [-0.1, -0.05) is 49.4 Å². The summed E-state index contributed by atoms with van der Waals surface area (Å²) in [5, 5.41) is 7.91. The summed E-state index contributed by atoms with van der Waals surface area (Å²) in [5.41, 5.74) is 1.16. The van der Waals surface area contributed by atoms with Crippen molar-refractivity contribution in [3.05, 3.63) is 71.8 Å². The molecule has 0 radical (unpaired) electrons. The maximum Gasteiger partial charge on any atom is 0.252 e. The molecule has 1 aliphatic heterocycles. The summed E-state index contributed by atoms with van der Waals surface area (Å²) < 4.78 is 48.6. The van der Waals surface area contributed by atoms with E-state index in [2.05, 4.69) is 10.3 Å². The normalized spacial score (nSPS) is 18.1. The van der Waals surface area contributed by atoms with Gasteiger partial charge in [0.05, 0.1) is 30.9 Å². The number of halogens is 1. The van der Waals surface area contributed by atoms with E-state index in [1.165, 1.54) is 16.6 Å². The second-order valence-electron chi connectivity index (χ2n) is 7.97. The molecule has 2 heterocycles. The number of benzene rings is 2. The lowest BCUT2D eigenvalue weighted by molar-refractivity contribution is 0.0896. The Morgan fingerprint density at radius 1 is 1.22 bits per heavy atom. The Hall–Kier alpha value is -3.11. The number of carbonyl (C=O) groups is 1. The fraction of sp³-hybridized carbons (Fsp3) is 0.318. The molecule has 3 aromatic rings. The van der Waals surface area contributed by atoms with E-state index < -0.39 is 21.9 Å². The van der Waals surface area contributed by atoms with E-state index in [0.29, 0.717) is 5.69 Å². The van der Waals surface area contributed by atoms with Crippen LogP contribution in [-0.2, 0) is 23.0 Å². The van der Waals surface area contributed by atoms with Gasteiger partial charge in [-0.25, -0.2) is 12.8 Å². The Morgan fingerprint density at radius 3 is 2.69 bits per heavy atom. The number of aromatic nitrogens is 3. The maximum absolute atomic E-state index is 13.7. The summed E-state index contributed by atoms with van der Waals surface area (Å²) in [6, 6.07) is 12.1. The summed E-state index contributed by atoms with van der Waals surface area (Å²) in [6.45, 7) is 3.74. The van der Waals surface area contributed by atoms with E-state index in [4.69, 9.17) is 4.74 Å². The van der Waals surface area contributed by atoms with Crippen molar-refractivity contribution in [3.8, 4) is 5.75 Å². The van der Waals surface area contributed by atoms with Crippen molar-refractivity contribution >= 4 is 15.9 Å². The van der Waals surface area contributed by atoms with Crippen molar-refractivity contribution in [1.82, 2.24) is 19.3 Å². The highest BCUT2D eigenvalue weighted by Crippen LogP contribution is 2.34. The molecular weight excluding hydrogens is 435 g/mol. The largest absolute Gasteiger partial charge is 0.490 e. The molecule has 1 aliphatic rings. The second-order valence-corrected chi connectivity index (χ2v) is 9.83. The van der Waals surface area contributed by atoms with Crippen LogP contribution >= 0.6 is 0 Å². The quantitative estimate of drug-likeness (QED) is 0.584. The zero-order chi connectivity index (χ0) is 22.9. The van der Waals surface area contributed by atoms with Crippen LogP contribution in [0.3, 0.4) is 0 Å². The van der Waals surface area contributed by atoms with Crippen molar-refractivity contribution in [2.24, 2.45) is 5.92 Å². The third-order valence-electron chi connectivity index (χ3n) is 5.35. The Balaban J connectivity index is 1.61. The second kappa shape index (κ2) is 8.79. The Kier molecular flexibility index (Phi) is 6.07. The summed E-state index contributed by atoms with van der Waals surface area (Å²) in [4.78, 5) is 12.4. The predicted octanol–water partition coefficient (Wildman–Crippen LogP) is 2.91. The average molecular weight is 459 g/mol. The zero-order valence-corrected chi connectivity index (χ0v) is 18.5. The van der Waals surface area contributed by atoms with E-state index in [0.717, 1.165) is 22.4 Å². The molecule has 0 saturated carbocycles. The van der Waals surface area contributed by atoms with Crippen LogP contribution in [0.15, 0.2) is 59.6 Å². The number of hydrogen-bond donors (Lipinski definition) is 0. The van der Waals surface area contributed by atoms with Gasteiger partial charge in [-0.15, -0.1) is 5.10 Å². The fourth-order valence-electron chi connectivity index (χ4n) is 3.60. The van der Waals surface area contributed by atoms with Crippen molar-refractivity contribution in [1.29, 1.82) is 0 Å². The van der Waals surface area contributed by atoms with E-state index >= 15 is 0 Å². The van der Waals surface area contributed by atoms with Crippen molar-refractivity contribution in [3.63, 3.8) is 0 Å². The number of carbonyl (C=O) groups excluding carboxylic acids is 1. The Labute approximate surface area is 185 Å². The van der Waals surface area contributed by atoms with E-state index in [1.54, 1.807) is 0 Å². The fourth-order valence-corrected chi connectivity index (χ4v) is 5.43. The molecule has 10 heteroatoms. The van der Waals surface area contributed by atoms with Gasteiger partial charge in [0.1, 0.15) is 23.1 Å². The molecule has 0 spiro atoms. The topological polar surface area (TPSA) is 94.4 Å². The van der Waals surface area contributed by atoms with Crippen LogP contribution in [0, 0.1) is 11.7 Å². The molecule has 0 fully saturated rings. The highest BCUT2D eigenvalue weighted by atomic mass is 32.2. The molecule has 0 aliphatic carbocycles. The van der Waals surface area contributed by atoms with Gasteiger partial charge >= 0.3 is 0 Å². The van der Waals surface area contributed by atoms with Gasteiger partial charge in [0.25, 0.3) is 5.91 Å². The van der Waals surface area contributed by atoms with Gasteiger partial charge in [0, 0.05) is 6.07 Å². The third kappa shape index (κ3) is 4.42. The summed E-state index contributed by atoms with van der Waals surface area (Å²) in [7, 11) is -4.01. The zero-order valence-electron chi connectivity index (χ0n) is 17.7. The highest BCUT2D eigenvalue weighted by molar-refractivity contribution is 7.89. The molecule has 4 rings (SSSR count). The Bertz CT molecular complexity index is 1230. The molecule has 0 N–H and O–H groups in total. The minimum atomic E-state index is -4.01. The monoisotopic (exact) mass is 458 g/mol. The number of sulfonamides is 1. The van der Waals surface area contributed by atoms with Gasteiger partial charge in [0.15, 0.2) is 0 Å². The van der Waals surface area contributed by atoms with Crippen LogP contribution in [0.1, 0.15) is 29.9 Å². The highest BCUT2D eigenvalue weighted by Gasteiger charge is 2.39. The van der Waals surface area contributed by atoms with E-state index in [9.17, 15) is 17.6 Å². The van der Waals surface area contributed by atoms with Crippen LogP contribution in [-0.4, -0.2) is 46.3 Å². The lowest BCUT2D eigenvalue weighted by Gasteiger charge is -2.30. The first-order valence-corrected chi connectivity index (χ1v) is 11.6. The van der Waals surface area contributed by atoms with Crippen molar-refractivity contribution in [2.75, 3.05) is 6.61 Å². The lowest BCUT2D eigenvalue weighted by atomic mass is 10.1. The van der Waals surface area contributed by atoms with Crippen LogP contribution in [0.25, 0.3) is 0 Å². The Morgan fingerprint density at radius 2 is 1.97 bits per heavy atom. The van der Waals surface area contributed by atoms with Gasteiger partial charge in [0.2, 0.25) is 10.0 Å². The molecule has 0 saturated heterocycles. The van der Waals surface area contributed by atoms with Gasteiger partial charge in [-0.2, -0.15) is 8.99 Å². The molecular formula is C22H23FN4O4S. The maximum atomic E-state index is 13.7. The molecule has 1 atom stereocenters. The minimum Gasteiger partial charge on any atom is -0.490 e. The molecule has 168 valence electrons. The van der Waals surface area contributed by atoms with Crippen molar-refractivity contribution in [2.45, 2.75) is 37.8 Å². The molecule has 0 bridgehead atoms. The first-order valence-electron chi connectivity index (χ1n) is 10.2. The first kappa shape index (κ1) is 22.1. The number of rotatable bonds is 5. The lowest BCUT2D eigenvalue weighted by Crippen LogP contribution is -2.44. The molecule has 1 aromatic heterocycles. The van der Waals surface area contributed by atoms with Gasteiger partial charge in [-0.05, 0) is 23.6 Å². The number of ether oxygens (including phenoxy) is 1. The van der Waals surface area contributed by atoms with E-state index in [1.807, 2.05) is 44.2 Å². The molecule has 0 amide bonds. The SMILES string of the molecule is CC(C)[C@H]1COc2cc(F)ccc2S(=O)(=O)N1Cc1cn(C(=O)Cc2ccccc2)nn1. The van der Waals surface area contributed by atoms with Crippen molar-refractivity contribution < 1.29 is 22.3 Å². The molecule has 2 aromatic carbocycles. The standard InChI is InChI=1S/C22H23FN4O4S/c1-15(2)19-14-31-20-11-17(23)8-9-21(20)32(29,30)27(19)13-18-12-26(25-24-18)22(28)10-16-6-4-3-5-7-16/h3-9,11-12,15,19H,10,13-14H2,1-2H3/t19-/m1/s1. The van der Waals surface area contributed by atoms with Crippen LogP contribution < -0.4 is 4.74 Å². The minimum absolute atomic E-state index is 0.0140. The van der Waals surface area contributed by atoms with Gasteiger partial charge in [-0.3, -0.25) is 4.79 Å². The number of fused-ring (bicyclic) bond motifs is 1. The molecule has 0 unspecified atom stereocenters. The van der Waals surface area contributed by atoms with E-state index in [-0.39, 0.29) is 42.0 Å². The summed E-state index contributed by atoms with van der Waals surface area (Å²) in [6.07, 6.45) is 1.59. The third-order valence-corrected chi connectivity index (χ3v) is 7.26. The number of nitrogens with zero attached hydrogens (tertiary/aromatic N) is 4. The number of hydrogen-bond acceptors (Lipinski definition) is 6. The smallest absolute Gasteiger partial charge is 0.252 e. The summed E-state index contributed by atoms with van der Waals surface area (Å²) in [5.74, 6) is -0.954. The van der Waals surface area contributed by atoms with Crippen LogP contribution in [0.2, 0.25) is 0 Å².